The van der Waals surface area contributed by atoms with Crippen molar-refractivity contribution in [2.75, 3.05) is 65.9 Å². The van der Waals surface area contributed by atoms with E-state index in [1.54, 1.807) is 6.21 Å². The molecule has 0 unspecified atom stereocenters. The van der Waals surface area contributed by atoms with Gasteiger partial charge in [-0.05, 0) is 19.3 Å². The number of nitrogens with zero attached hydrogens (tertiary/aromatic N) is 2. The van der Waals surface area contributed by atoms with Gasteiger partial charge in [0.15, 0.2) is 0 Å². The highest BCUT2D eigenvalue weighted by molar-refractivity contribution is 6.31. The summed E-state index contributed by atoms with van der Waals surface area (Å²) in [5, 5.41) is 6.39. The first-order chi connectivity index (χ1) is 13.2. The van der Waals surface area contributed by atoms with Crippen LogP contribution in [0, 0.1) is 0 Å². The molecule has 0 aliphatic heterocycles. The molecule has 1 amide bonds. The first-order valence-corrected chi connectivity index (χ1v) is 9.52. The van der Waals surface area contributed by atoms with Crippen LogP contribution >= 0.6 is 0 Å². The van der Waals surface area contributed by atoms with Crippen LogP contribution in [-0.4, -0.2) is 83.8 Å². The lowest BCUT2D eigenvalue weighted by atomic mass is 10.3. The van der Waals surface area contributed by atoms with Crippen molar-refractivity contribution in [1.29, 1.82) is 0 Å². The van der Waals surface area contributed by atoms with E-state index in [0.717, 1.165) is 25.9 Å². The minimum atomic E-state index is -0.0123. The maximum absolute atomic E-state index is 10.7. The number of hydrazone groups is 1. The second-order valence-corrected chi connectivity index (χ2v) is 5.74. The first-order valence-electron chi connectivity index (χ1n) is 9.52. The summed E-state index contributed by atoms with van der Waals surface area (Å²) in [6, 6.07) is 0. The molecule has 0 aromatic heterocycles. The monoisotopic (exact) mass is 388 g/mol. The number of carbonyl (C=O) groups is 1. The van der Waals surface area contributed by atoms with Crippen LogP contribution < -0.4 is 11.2 Å². The number of rotatable bonds is 19. The highest BCUT2D eigenvalue weighted by Gasteiger charge is 1.97. The van der Waals surface area contributed by atoms with E-state index in [2.05, 4.69) is 22.3 Å². The zero-order valence-electron chi connectivity index (χ0n) is 16.8. The fourth-order valence-electron chi connectivity index (χ4n) is 1.85. The standard InChI is InChI=1S/C18H36N4O5/c1-3-8-24-9-10-25-11-12-26-13-14-27-16-18(22-19)15-20-6-4-5-7-21-17(2)23/h15H,3-14,16,19H2,1-2H3,(H,21,23)/b20-15?,22-18+. The van der Waals surface area contributed by atoms with Gasteiger partial charge in [-0.15, -0.1) is 0 Å². The molecule has 0 atom stereocenters. The molecule has 27 heavy (non-hydrogen) atoms. The summed E-state index contributed by atoms with van der Waals surface area (Å²) in [6.07, 6.45) is 4.41. The molecule has 0 fully saturated rings. The quantitative estimate of drug-likeness (QED) is 0.146. The summed E-state index contributed by atoms with van der Waals surface area (Å²) in [5.41, 5.74) is 0.576. The molecule has 0 bridgehead atoms. The summed E-state index contributed by atoms with van der Waals surface area (Å²) in [4.78, 5) is 15.0. The third-order valence-corrected chi connectivity index (χ3v) is 3.21. The molecule has 0 spiro atoms. The fourth-order valence-corrected chi connectivity index (χ4v) is 1.85. The molecule has 9 nitrogen and oxygen atoms in total. The summed E-state index contributed by atoms with van der Waals surface area (Å²) < 4.78 is 21.5. The van der Waals surface area contributed by atoms with Gasteiger partial charge in [0.25, 0.3) is 0 Å². The Labute approximate surface area is 162 Å². The van der Waals surface area contributed by atoms with Gasteiger partial charge in [-0.2, -0.15) is 5.10 Å². The van der Waals surface area contributed by atoms with Crippen molar-refractivity contribution >= 4 is 17.8 Å². The Kier molecular flexibility index (Phi) is 19.6. The zero-order chi connectivity index (χ0) is 20.0. The molecule has 0 saturated carbocycles. The van der Waals surface area contributed by atoms with Crippen molar-refractivity contribution in [3.8, 4) is 0 Å². The predicted octanol–water partition coefficient (Wildman–Crippen LogP) is 0.765. The van der Waals surface area contributed by atoms with Crippen molar-refractivity contribution in [2.45, 2.75) is 33.1 Å². The molecule has 0 aliphatic carbocycles. The van der Waals surface area contributed by atoms with Crippen LogP contribution in [0.1, 0.15) is 33.1 Å². The average Bonchev–Trinajstić information content (AvgIpc) is 2.66. The molecule has 0 saturated heterocycles. The smallest absolute Gasteiger partial charge is 0.216 e. The van der Waals surface area contributed by atoms with Gasteiger partial charge in [0.2, 0.25) is 5.91 Å². The molecule has 0 aromatic carbocycles. The Balaban J connectivity index is 3.43. The molecular formula is C18H36N4O5. The third kappa shape index (κ3) is 20.6. The van der Waals surface area contributed by atoms with Crippen LogP contribution in [0.2, 0.25) is 0 Å². The number of nitrogens with two attached hydrogens (primary N) is 1. The topological polar surface area (TPSA) is 117 Å². The van der Waals surface area contributed by atoms with Crippen molar-refractivity contribution in [3.63, 3.8) is 0 Å². The van der Waals surface area contributed by atoms with Gasteiger partial charge in [0.05, 0.1) is 46.2 Å². The van der Waals surface area contributed by atoms with Gasteiger partial charge >= 0.3 is 0 Å². The van der Waals surface area contributed by atoms with E-state index in [4.69, 9.17) is 24.8 Å². The predicted molar refractivity (Wildman–Crippen MR) is 106 cm³/mol. The number of hydrogen-bond donors (Lipinski definition) is 2. The molecular weight excluding hydrogens is 352 g/mol. The molecule has 0 aliphatic rings. The van der Waals surface area contributed by atoms with Gasteiger partial charge in [-0.3, -0.25) is 9.79 Å². The van der Waals surface area contributed by atoms with Crippen LogP contribution in [0.5, 0.6) is 0 Å². The minimum Gasteiger partial charge on any atom is -0.379 e. The number of unbranched alkanes of at least 4 members (excludes halogenated alkanes) is 1. The van der Waals surface area contributed by atoms with Crippen molar-refractivity contribution in [2.24, 2.45) is 15.9 Å². The Hall–Kier alpha value is -1.55. The second kappa shape index (κ2) is 20.8. The molecule has 0 heterocycles. The van der Waals surface area contributed by atoms with Gasteiger partial charge in [-0.25, -0.2) is 0 Å². The molecule has 9 heteroatoms. The number of hydrogen-bond acceptors (Lipinski definition) is 8. The second-order valence-electron chi connectivity index (χ2n) is 5.74. The van der Waals surface area contributed by atoms with Crippen LogP contribution in [-0.2, 0) is 23.7 Å². The fraction of sp³-hybridized carbons (Fsp3) is 0.833. The van der Waals surface area contributed by atoms with E-state index >= 15 is 0 Å². The van der Waals surface area contributed by atoms with E-state index < -0.39 is 0 Å². The van der Waals surface area contributed by atoms with E-state index in [0.29, 0.717) is 65.0 Å². The van der Waals surface area contributed by atoms with Crippen LogP contribution in [0.25, 0.3) is 0 Å². The zero-order valence-corrected chi connectivity index (χ0v) is 16.8. The minimum absolute atomic E-state index is 0.0123. The van der Waals surface area contributed by atoms with E-state index in [9.17, 15) is 4.79 Å². The maximum atomic E-state index is 10.7. The Morgan fingerprint density at radius 3 is 2.11 bits per heavy atom. The lowest BCUT2D eigenvalue weighted by molar-refractivity contribution is -0.118. The number of amides is 1. The number of aliphatic imine (C=N–C) groups is 1. The van der Waals surface area contributed by atoms with Crippen molar-refractivity contribution < 1.29 is 23.7 Å². The molecule has 0 aromatic rings. The SMILES string of the molecule is CCCOCCOCCOCCOC/C(C=NCCCCNC(C)=O)=N/N. The van der Waals surface area contributed by atoms with E-state index in [-0.39, 0.29) is 5.91 Å². The Morgan fingerprint density at radius 1 is 0.963 bits per heavy atom. The Bertz CT molecular complexity index is 405. The normalized spacial score (nSPS) is 12.0. The molecule has 3 N–H and O–H groups in total. The van der Waals surface area contributed by atoms with E-state index in [1.165, 1.54) is 6.92 Å². The van der Waals surface area contributed by atoms with Gasteiger partial charge in [0, 0.05) is 32.8 Å². The Morgan fingerprint density at radius 2 is 1.56 bits per heavy atom. The van der Waals surface area contributed by atoms with Crippen LogP contribution in [0.4, 0.5) is 0 Å². The van der Waals surface area contributed by atoms with Gasteiger partial charge in [-0.1, -0.05) is 6.92 Å². The van der Waals surface area contributed by atoms with Crippen molar-refractivity contribution in [1.82, 2.24) is 5.32 Å². The largest absolute Gasteiger partial charge is 0.379 e. The summed E-state index contributed by atoms with van der Waals surface area (Å²) in [6.45, 7) is 9.17. The number of carbonyl (C=O) groups excluding carboxylic acids is 1. The van der Waals surface area contributed by atoms with Crippen molar-refractivity contribution in [3.05, 3.63) is 0 Å². The summed E-state index contributed by atoms with van der Waals surface area (Å²) in [7, 11) is 0. The highest BCUT2D eigenvalue weighted by Crippen LogP contribution is 1.89. The lowest BCUT2D eigenvalue weighted by Gasteiger charge is -2.07. The summed E-state index contributed by atoms with van der Waals surface area (Å²) >= 11 is 0. The molecule has 0 radical (unpaired) electrons. The number of nitrogens with one attached hydrogen (secondary N) is 1. The molecule has 0 rings (SSSR count). The molecule has 158 valence electrons. The first kappa shape index (κ1) is 25.4. The van der Waals surface area contributed by atoms with Crippen LogP contribution in [0.3, 0.4) is 0 Å². The average molecular weight is 389 g/mol. The summed E-state index contributed by atoms with van der Waals surface area (Å²) in [5.74, 6) is 5.31. The third-order valence-electron chi connectivity index (χ3n) is 3.21. The number of ether oxygens (including phenoxy) is 4. The van der Waals surface area contributed by atoms with Gasteiger partial charge < -0.3 is 30.1 Å². The van der Waals surface area contributed by atoms with Gasteiger partial charge in [0.1, 0.15) is 5.71 Å². The lowest BCUT2D eigenvalue weighted by Crippen LogP contribution is -2.20. The van der Waals surface area contributed by atoms with E-state index in [1.807, 2.05) is 0 Å². The highest BCUT2D eigenvalue weighted by atomic mass is 16.6. The van der Waals surface area contributed by atoms with Crippen LogP contribution in [0.15, 0.2) is 10.1 Å². The maximum Gasteiger partial charge on any atom is 0.216 e.